The predicted octanol–water partition coefficient (Wildman–Crippen LogP) is 10.8. The van der Waals surface area contributed by atoms with Gasteiger partial charge in [0.25, 0.3) is 0 Å². The normalized spacial score (nSPS) is 11.1. The summed E-state index contributed by atoms with van der Waals surface area (Å²) >= 11 is 0. The standard InChI is InChI=1S/C45H25N5/c46-26-29-17-24-44-38(25-29)36-11-3-5-13-40(36)49(44)32-21-18-30(19-22-32)33-23-20-31(27-47)39(28-48)45(33)37-12-4-8-16-43(37)50-41-14-6-1-9-34(41)35-10-2-7-15-42(35)50/h1-25H. The maximum Gasteiger partial charge on any atom is 0.101 e. The zero-order chi connectivity index (χ0) is 33.8. The van der Waals surface area contributed by atoms with E-state index in [2.05, 4.69) is 106 Å². The van der Waals surface area contributed by atoms with Gasteiger partial charge in [-0.05, 0) is 71.8 Å². The summed E-state index contributed by atoms with van der Waals surface area (Å²) in [4.78, 5) is 0. The Morgan fingerprint density at radius 3 is 1.64 bits per heavy atom. The van der Waals surface area contributed by atoms with Crippen molar-refractivity contribution in [3.05, 3.63) is 168 Å². The Hall–Kier alpha value is -7.39. The third-order valence-electron chi connectivity index (χ3n) is 9.67. The molecule has 9 aromatic rings. The quantitative estimate of drug-likeness (QED) is 0.193. The van der Waals surface area contributed by atoms with E-state index in [0.29, 0.717) is 16.7 Å². The fourth-order valence-electron chi connectivity index (χ4n) is 7.51. The lowest BCUT2D eigenvalue weighted by Crippen LogP contribution is -2.01. The Labute approximate surface area is 287 Å². The molecule has 0 aliphatic heterocycles. The van der Waals surface area contributed by atoms with Crippen LogP contribution in [0.3, 0.4) is 0 Å². The molecule has 0 saturated carbocycles. The zero-order valence-electron chi connectivity index (χ0n) is 26.7. The summed E-state index contributed by atoms with van der Waals surface area (Å²) < 4.78 is 4.47. The molecule has 9 rings (SSSR count). The van der Waals surface area contributed by atoms with Crippen LogP contribution in [-0.4, -0.2) is 9.13 Å². The molecule has 0 saturated heterocycles. The minimum absolute atomic E-state index is 0.335. The first kappa shape index (κ1) is 28.8. The number of nitriles is 3. The minimum Gasteiger partial charge on any atom is -0.309 e. The van der Waals surface area contributed by atoms with Crippen LogP contribution in [0.4, 0.5) is 0 Å². The van der Waals surface area contributed by atoms with E-state index in [4.69, 9.17) is 0 Å². The molecule has 0 N–H and O–H groups in total. The highest BCUT2D eigenvalue weighted by Crippen LogP contribution is 2.42. The molecule has 0 fully saturated rings. The molecule has 0 amide bonds. The van der Waals surface area contributed by atoms with Crippen molar-refractivity contribution in [1.29, 1.82) is 15.8 Å². The van der Waals surface area contributed by atoms with E-state index in [0.717, 1.165) is 77.2 Å². The monoisotopic (exact) mass is 635 g/mol. The average molecular weight is 636 g/mol. The molecular weight excluding hydrogens is 611 g/mol. The first-order valence-electron chi connectivity index (χ1n) is 16.3. The van der Waals surface area contributed by atoms with Crippen molar-refractivity contribution in [1.82, 2.24) is 9.13 Å². The second kappa shape index (κ2) is 11.4. The van der Waals surface area contributed by atoms with Gasteiger partial charge >= 0.3 is 0 Å². The lowest BCUT2D eigenvalue weighted by Gasteiger charge is -2.19. The van der Waals surface area contributed by atoms with Gasteiger partial charge in [0.05, 0.1) is 50.5 Å². The molecule has 0 unspecified atom stereocenters. The molecule has 7 aromatic carbocycles. The van der Waals surface area contributed by atoms with Crippen LogP contribution in [0.2, 0.25) is 0 Å². The van der Waals surface area contributed by atoms with E-state index in [9.17, 15) is 15.8 Å². The maximum atomic E-state index is 10.6. The Bertz CT molecular complexity index is 2900. The predicted molar refractivity (Wildman–Crippen MR) is 200 cm³/mol. The Kier molecular flexibility index (Phi) is 6.56. The molecule has 0 aliphatic rings. The number of fused-ring (bicyclic) bond motifs is 6. The Balaban J connectivity index is 1.27. The largest absolute Gasteiger partial charge is 0.309 e. The van der Waals surface area contributed by atoms with Crippen LogP contribution in [0.5, 0.6) is 0 Å². The van der Waals surface area contributed by atoms with Crippen molar-refractivity contribution in [2.75, 3.05) is 0 Å². The lowest BCUT2D eigenvalue weighted by atomic mass is 9.87. The minimum atomic E-state index is 0.335. The van der Waals surface area contributed by atoms with Crippen molar-refractivity contribution < 1.29 is 0 Å². The van der Waals surface area contributed by atoms with Gasteiger partial charge in [-0.25, -0.2) is 0 Å². The van der Waals surface area contributed by atoms with Crippen LogP contribution >= 0.6 is 0 Å². The van der Waals surface area contributed by atoms with E-state index < -0.39 is 0 Å². The van der Waals surface area contributed by atoms with Gasteiger partial charge in [0.2, 0.25) is 0 Å². The molecule has 0 aliphatic carbocycles. The number of para-hydroxylation sites is 4. The molecule has 0 atom stereocenters. The summed E-state index contributed by atoms with van der Waals surface area (Å²) in [5.41, 5.74) is 10.8. The van der Waals surface area contributed by atoms with Gasteiger partial charge in [0.1, 0.15) is 12.1 Å². The second-order valence-electron chi connectivity index (χ2n) is 12.3. The van der Waals surface area contributed by atoms with Crippen molar-refractivity contribution in [3.8, 4) is 51.8 Å². The topological polar surface area (TPSA) is 81.2 Å². The fraction of sp³-hybridized carbons (Fsp3) is 0. The van der Waals surface area contributed by atoms with E-state index in [1.165, 1.54) is 0 Å². The summed E-state index contributed by atoms with van der Waals surface area (Å²) in [6.07, 6.45) is 0. The van der Waals surface area contributed by atoms with Gasteiger partial charge < -0.3 is 9.13 Å². The number of aromatic nitrogens is 2. The Morgan fingerprint density at radius 1 is 0.420 bits per heavy atom. The molecule has 2 aromatic heterocycles. The molecule has 0 spiro atoms. The highest BCUT2D eigenvalue weighted by molar-refractivity contribution is 6.11. The molecular formula is C45H25N5. The first-order valence-corrected chi connectivity index (χ1v) is 16.3. The third-order valence-corrected chi connectivity index (χ3v) is 9.67. The van der Waals surface area contributed by atoms with E-state index in [1.807, 2.05) is 66.7 Å². The van der Waals surface area contributed by atoms with Crippen LogP contribution in [0.1, 0.15) is 16.7 Å². The number of nitrogens with zero attached hydrogens (tertiary/aromatic N) is 5. The number of rotatable bonds is 4. The SMILES string of the molecule is N#Cc1ccc2c(c1)c1ccccc1n2-c1ccc(-c2ccc(C#N)c(C#N)c2-c2ccccc2-n2c3ccccc3c3ccccc32)cc1. The van der Waals surface area contributed by atoms with Gasteiger partial charge in [0, 0.05) is 38.4 Å². The van der Waals surface area contributed by atoms with Crippen molar-refractivity contribution in [3.63, 3.8) is 0 Å². The van der Waals surface area contributed by atoms with E-state index in [-0.39, 0.29) is 0 Å². The number of benzene rings is 7. The Morgan fingerprint density at radius 2 is 1.00 bits per heavy atom. The molecule has 5 nitrogen and oxygen atoms in total. The molecule has 2 heterocycles. The number of hydrogen-bond acceptors (Lipinski definition) is 3. The van der Waals surface area contributed by atoms with Crippen molar-refractivity contribution in [2.24, 2.45) is 0 Å². The highest BCUT2D eigenvalue weighted by atomic mass is 15.0. The van der Waals surface area contributed by atoms with Gasteiger partial charge in [0.15, 0.2) is 0 Å². The fourth-order valence-corrected chi connectivity index (χ4v) is 7.51. The second-order valence-corrected chi connectivity index (χ2v) is 12.3. The molecule has 0 radical (unpaired) electrons. The van der Waals surface area contributed by atoms with Gasteiger partial charge in [-0.2, -0.15) is 15.8 Å². The molecule has 0 bridgehead atoms. The van der Waals surface area contributed by atoms with Gasteiger partial charge in [-0.3, -0.25) is 0 Å². The maximum absolute atomic E-state index is 10.6. The van der Waals surface area contributed by atoms with Crippen LogP contribution in [0.25, 0.3) is 77.2 Å². The van der Waals surface area contributed by atoms with Crippen LogP contribution in [-0.2, 0) is 0 Å². The summed E-state index contributed by atoms with van der Waals surface area (Å²) in [7, 11) is 0. The van der Waals surface area contributed by atoms with Crippen LogP contribution in [0.15, 0.2) is 152 Å². The molecule has 5 heteroatoms. The molecule has 50 heavy (non-hydrogen) atoms. The summed E-state index contributed by atoms with van der Waals surface area (Å²) in [6, 6.07) is 57.9. The zero-order valence-corrected chi connectivity index (χ0v) is 26.7. The van der Waals surface area contributed by atoms with Crippen LogP contribution < -0.4 is 0 Å². The first-order chi connectivity index (χ1) is 24.7. The van der Waals surface area contributed by atoms with E-state index >= 15 is 0 Å². The summed E-state index contributed by atoms with van der Waals surface area (Å²) in [5, 5.41) is 34.7. The number of hydrogen-bond donors (Lipinski definition) is 0. The highest BCUT2D eigenvalue weighted by Gasteiger charge is 2.22. The molecule has 230 valence electrons. The summed E-state index contributed by atoms with van der Waals surface area (Å²) in [6.45, 7) is 0. The van der Waals surface area contributed by atoms with Gasteiger partial charge in [-0.15, -0.1) is 0 Å². The van der Waals surface area contributed by atoms with Crippen molar-refractivity contribution >= 4 is 43.6 Å². The smallest absolute Gasteiger partial charge is 0.101 e. The summed E-state index contributed by atoms with van der Waals surface area (Å²) in [5.74, 6) is 0. The van der Waals surface area contributed by atoms with Crippen molar-refractivity contribution in [2.45, 2.75) is 0 Å². The lowest BCUT2D eigenvalue weighted by molar-refractivity contribution is 1.18. The van der Waals surface area contributed by atoms with Gasteiger partial charge in [-0.1, -0.05) is 91.0 Å². The van der Waals surface area contributed by atoms with E-state index in [1.54, 1.807) is 6.07 Å². The third kappa shape index (κ3) is 4.24. The average Bonchev–Trinajstić information content (AvgIpc) is 3.70. The van der Waals surface area contributed by atoms with Crippen LogP contribution in [0, 0.1) is 34.0 Å².